The van der Waals surface area contributed by atoms with Gasteiger partial charge in [0.2, 0.25) is 5.91 Å². The number of aromatic nitrogens is 2. The van der Waals surface area contributed by atoms with Crippen LogP contribution >= 0.6 is 0 Å². The van der Waals surface area contributed by atoms with E-state index in [1.807, 2.05) is 36.5 Å². The van der Waals surface area contributed by atoms with Crippen LogP contribution in [-0.2, 0) is 4.79 Å². The molecule has 0 aliphatic rings. The molecule has 0 saturated carbocycles. The van der Waals surface area contributed by atoms with Gasteiger partial charge in [0.15, 0.2) is 0 Å². The lowest BCUT2D eigenvalue weighted by Crippen LogP contribution is -2.32. The summed E-state index contributed by atoms with van der Waals surface area (Å²) in [7, 11) is 0. The summed E-state index contributed by atoms with van der Waals surface area (Å²) in [5.41, 5.74) is 7.13. The molecule has 0 saturated heterocycles. The van der Waals surface area contributed by atoms with Crippen LogP contribution < -0.4 is 11.1 Å². The van der Waals surface area contributed by atoms with Crippen molar-refractivity contribution in [2.24, 2.45) is 5.73 Å². The lowest BCUT2D eigenvalue weighted by molar-refractivity contribution is -0.117. The molecule has 0 bridgehead atoms. The predicted octanol–water partition coefficient (Wildman–Crippen LogP) is 1.16. The summed E-state index contributed by atoms with van der Waals surface area (Å²) >= 11 is 0. The van der Waals surface area contributed by atoms with Gasteiger partial charge in [-0.1, -0.05) is 0 Å². The molecule has 0 aliphatic heterocycles. The van der Waals surface area contributed by atoms with Crippen LogP contribution in [0.1, 0.15) is 6.92 Å². The van der Waals surface area contributed by atoms with Gasteiger partial charge in [0, 0.05) is 18.1 Å². The number of hydrogen-bond acceptors (Lipinski definition) is 3. The van der Waals surface area contributed by atoms with E-state index in [1.165, 1.54) is 0 Å². The van der Waals surface area contributed by atoms with E-state index in [0.717, 1.165) is 11.4 Å². The van der Waals surface area contributed by atoms with Crippen molar-refractivity contribution in [1.29, 1.82) is 0 Å². The number of amides is 1. The molecule has 0 radical (unpaired) electrons. The van der Waals surface area contributed by atoms with E-state index in [9.17, 15) is 4.79 Å². The van der Waals surface area contributed by atoms with E-state index in [1.54, 1.807) is 17.8 Å². The fourth-order valence-electron chi connectivity index (χ4n) is 1.38. The average molecular weight is 230 g/mol. The summed E-state index contributed by atoms with van der Waals surface area (Å²) in [5, 5.41) is 6.83. The fraction of sp³-hybridized carbons (Fsp3) is 0.167. The number of rotatable bonds is 3. The van der Waals surface area contributed by atoms with Crippen LogP contribution in [0.4, 0.5) is 5.69 Å². The normalized spacial score (nSPS) is 12.1. The average Bonchev–Trinajstić information content (AvgIpc) is 2.83. The minimum Gasteiger partial charge on any atom is -0.325 e. The molecule has 1 amide bonds. The number of hydrogen-bond donors (Lipinski definition) is 2. The number of benzene rings is 1. The first-order valence-corrected chi connectivity index (χ1v) is 5.33. The molecule has 1 aromatic heterocycles. The highest BCUT2D eigenvalue weighted by Crippen LogP contribution is 2.12. The molecule has 1 aromatic carbocycles. The first-order valence-electron chi connectivity index (χ1n) is 5.33. The van der Waals surface area contributed by atoms with Gasteiger partial charge < -0.3 is 11.1 Å². The van der Waals surface area contributed by atoms with Gasteiger partial charge in [-0.3, -0.25) is 4.79 Å². The molecule has 1 atom stereocenters. The first-order chi connectivity index (χ1) is 8.16. The number of carbonyl (C=O) groups excluding carboxylic acids is 1. The maximum Gasteiger partial charge on any atom is 0.240 e. The molecule has 0 spiro atoms. The summed E-state index contributed by atoms with van der Waals surface area (Å²) in [6.45, 7) is 1.65. The van der Waals surface area contributed by atoms with Crippen LogP contribution in [0.15, 0.2) is 42.7 Å². The van der Waals surface area contributed by atoms with E-state index in [2.05, 4.69) is 10.4 Å². The molecule has 3 N–H and O–H groups in total. The zero-order chi connectivity index (χ0) is 12.3. The first kappa shape index (κ1) is 11.3. The Balaban J connectivity index is 2.11. The largest absolute Gasteiger partial charge is 0.325 e. The Labute approximate surface area is 99.2 Å². The van der Waals surface area contributed by atoms with Gasteiger partial charge in [0.05, 0.1) is 11.7 Å². The highest BCUT2D eigenvalue weighted by molar-refractivity contribution is 5.94. The molecule has 0 unspecified atom stereocenters. The molecule has 5 nitrogen and oxygen atoms in total. The van der Waals surface area contributed by atoms with Gasteiger partial charge >= 0.3 is 0 Å². The SMILES string of the molecule is C[C@H](N)C(=O)Nc1ccc(-n2cccn2)cc1. The van der Waals surface area contributed by atoms with Gasteiger partial charge in [0.25, 0.3) is 0 Å². The maximum absolute atomic E-state index is 11.4. The molecule has 5 heteroatoms. The van der Waals surface area contributed by atoms with Crippen LogP contribution in [0, 0.1) is 0 Å². The highest BCUT2D eigenvalue weighted by Gasteiger charge is 2.07. The summed E-state index contributed by atoms with van der Waals surface area (Å²) in [6, 6.07) is 8.73. The van der Waals surface area contributed by atoms with Crippen molar-refractivity contribution in [3.05, 3.63) is 42.7 Å². The Bertz CT molecular complexity index is 488. The van der Waals surface area contributed by atoms with Crippen molar-refractivity contribution in [3.8, 4) is 5.69 Å². The zero-order valence-electron chi connectivity index (χ0n) is 9.50. The van der Waals surface area contributed by atoms with Crippen LogP contribution in [-0.4, -0.2) is 21.7 Å². The third kappa shape index (κ3) is 2.70. The summed E-state index contributed by atoms with van der Waals surface area (Å²) in [6.07, 6.45) is 3.57. The van der Waals surface area contributed by atoms with Gasteiger partial charge in [-0.15, -0.1) is 0 Å². The molecule has 2 rings (SSSR count). The van der Waals surface area contributed by atoms with E-state index in [0.29, 0.717) is 0 Å². The van der Waals surface area contributed by atoms with Gasteiger partial charge in [-0.05, 0) is 37.3 Å². The van der Waals surface area contributed by atoms with Crippen LogP contribution in [0.5, 0.6) is 0 Å². The second-order valence-corrected chi connectivity index (χ2v) is 3.78. The summed E-state index contributed by atoms with van der Waals surface area (Å²) < 4.78 is 1.75. The van der Waals surface area contributed by atoms with Gasteiger partial charge in [0.1, 0.15) is 0 Å². The van der Waals surface area contributed by atoms with Crippen LogP contribution in [0.2, 0.25) is 0 Å². The van der Waals surface area contributed by atoms with Gasteiger partial charge in [-0.25, -0.2) is 4.68 Å². The van der Waals surface area contributed by atoms with Crippen molar-refractivity contribution in [3.63, 3.8) is 0 Å². The standard InChI is InChI=1S/C12H14N4O/c1-9(13)12(17)15-10-3-5-11(6-4-10)16-8-2-7-14-16/h2-9H,13H2,1H3,(H,15,17)/t9-/m0/s1. The second kappa shape index (κ2) is 4.80. The van der Waals surface area contributed by atoms with E-state index in [-0.39, 0.29) is 5.91 Å². The van der Waals surface area contributed by atoms with Crippen LogP contribution in [0.3, 0.4) is 0 Å². The van der Waals surface area contributed by atoms with E-state index in [4.69, 9.17) is 5.73 Å². The molecule has 88 valence electrons. The third-order valence-electron chi connectivity index (χ3n) is 2.32. The van der Waals surface area contributed by atoms with Crippen molar-refractivity contribution in [2.75, 3.05) is 5.32 Å². The zero-order valence-corrected chi connectivity index (χ0v) is 9.50. The Morgan fingerprint density at radius 1 is 1.41 bits per heavy atom. The Morgan fingerprint density at radius 3 is 2.65 bits per heavy atom. The Kier molecular flexibility index (Phi) is 3.20. The highest BCUT2D eigenvalue weighted by atomic mass is 16.2. The van der Waals surface area contributed by atoms with Gasteiger partial charge in [-0.2, -0.15) is 5.10 Å². The number of carbonyl (C=O) groups is 1. The van der Waals surface area contributed by atoms with Crippen LogP contribution in [0.25, 0.3) is 5.69 Å². The molecule has 0 aliphatic carbocycles. The number of nitrogens with one attached hydrogen (secondary N) is 1. The summed E-state index contributed by atoms with van der Waals surface area (Å²) in [5.74, 6) is -0.197. The molecular weight excluding hydrogens is 216 g/mol. The fourth-order valence-corrected chi connectivity index (χ4v) is 1.38. The lowest BCUT2D eigenvalue weighted by atomic mass is 10.2. The molecule has 17 heavy (non-hydrogen) atoms. The number of anilines is 1. The number of nitrogens with two attached hydrogens (primary N) is 1. The smallest absolute Gasteiger partial charge is 0.240 e. The predicted molar refractivity (Wildman–Crippen MR) is 65.8 cm³/mol. The lowest BCUT2D eigenvalue weighted by Gasteiger charge is -2.08. The van der Waals surface area contributed by atoms with Crippen molar-refractivity contribution in [2.45, 2.75) is 13.0 Å². The molecule has 1 heterocycles. The quantitative estimate of drug-likeness (QED) is 0.831. The van der Waals surface area contributed by atoms with Crippen molar-refractivity contribution in [1.82, 2.24) is 9.78 Å². The topological polar surface area (TPSA) is 72.9 Å². The Morgan fingerprint density at radius 2 is 2.12 bits per heavy atom. The Hall–Kier alpha value is -2.14. The third-order valence-corrected chi connectivity index (χ3v) is 2.32. The molecule has 0 fully saturated rings. The minimum absolute atomic E-state index is 0.197. The molecule has 2 aromatic rings. The summed E-state index contributed by atoms with van der Waals surface area (Å²) in [4.78, 5) is 11.4. The molecular formula is C12H14N4O. The van der Waals surface area contributed by atoms with Crippen molar-refractivity contribution < 1.29 is 4.79 Å². The van der Waals surface area contributed by atoms with Crippen molar-refractivity contribution >= 4 is 11.6 Å². The van der Waals surface area contributed by atoms with E-state index >= 15 is 0 Å². The number of nitrogens with zero attached hydrogens (tertiary/aromatic N) is 2. The second-order valence-electron chi connectivity index (χ2n) is 3.78. The minimum atomic E-state index is -0.513. The maximum atomic E-state index is 11.4. The van der Waals surface area contributed by atoms with E-state index < -0.39 is 6.04 Å². The monoisotopic (exact) mass is 230 g/mol.